The van der Waals surface area contributed by atoms with Crippen LogP contribution in [0.4, 0.5) is 26.3 Å². The molecule has 1 aromatic carbocycles. The van der Waals surface area contributed by atoms with E-state index in [1.54, 1.807) is 7.05 Å². The fourth-order valence-electron chi connectivity index (χ4n) is 2.26. The first-order valence-electron chi connectivity index (χ1n) is 8.42. The number of halogens is 7. The second-order valence-corrected chi connectivity index (χ2v) is 9.61. The molecule has 0 radical (unpaired) electrons. The number of allylic oxidation sites excluding steroid dienone is 1. The van der Waals surface area contributed by atoms with Gasteiger partial charge in [0.25, 0.3) is 0 Å². The van der Waals surface area contributed by atoms with Crippen molar-refractivity contribution in [2.75, 3.05) is 13.6 Å². The van der Waals surface area contributed by atoms with Crippen molar-refractivity contribution in [1.29, 1.82) is 0 Å². The molecule has 32 heavy (non-hydrogen) atoms. The van der Waals surface area contributed by atoms with E-state index in [1.807, 2.05) is 4.58 Å². The Morgan fingerprint density at radius 2 is 1.53 bits per heavy atom. The van der Waals surface area contributed by atoms with Crippen molar-refractivity contribution >= 4 is 43.3 Å². The Bertz CT molecular complexity index is 1080. The Balaban J connectivity index is 0.000000547. The maximum absolute atomic E-state index is 12.7. The third kappa shape index (κ3) is 8.26. The number of nitrogens with zero attached hydrogens (tertiary/aromatic N) is 1. The molecule has 1 aliphatic rings. The lowest BCUT2D eigenvalue weighted by molar-refractivity contribution is -0.502. The summed E-state index contributed by atoms with van der Waals surface area (Å²) in [7, 11) is -10.1. The van der Waals surface area contributed by atoms with E-state index in [9.17, 15) is 34.8 Å². The zero-order chi connectivity index (χ0) is 25.0. The number of alkyl halides is 6. The van der Waals surface area contributed by atoms with E-state index in [1.165, 1.54) is 30.3 Å². The summed E-state index contributed by atoms with van der Waals surface area (Å²) in [6, 6.07) is 5.71. The van der Waals surface area contributed by atoms with Gasteiger partial charge in [0.2, 0.25) is 0 Å². The fourth-order valence-corrected chi connectivity index (χ4v) is 2.86. The maximum Gasteiger partial charge on any atom is 0.534 e. The summed E-state index contributed by atoms with van der Waals surface area (Å²) in [6.45, 7) is 0.742. The molecule has 0 atom stereocenters. The minimum Gasteiger partial charge on any atom is -0.741 e. The van der Waals surface area contributed by atoms with Gasteiger partial charge in [0.1, 0.15) is 13.6 Å². The molecule has 0 saturated carbocycles. The molecule has 0 fully saturated rings. The van der Waals surface area contributed by atoms with Gasteiger partial charge in [0, 0.05) is 29.5 Å². The zero-order valence-electron chi connectivity index (χ0n) is 16.1. The molecule has 1 aliphatic heterocycles. The van der Waals surface area contributed by atoms with Gasteiger partial charge in [0.15, 0.2) is 21.6 Å². The van der Waals surface area contributed by atoms with Gasteiger partial charge in [-0.2, -0.15) is 34.8 Å². The molecule has 1 heterocycles. The van der Waals surface area contributed by atoms with Gasteiger partial charge < -0.3 is 8.74 Å². The monoisotopic (exact) mass is 531 g/mol. The van der Waals surface area contributed by atoms with Crippen molar-refractivity contribution in [1.82, 2.24) is 0 Å². The van der Waals surface area contributed by atoms with Crippen LogP contribution in [0.15, 0.2) is 30.3 Å². The van der Waals surface area contributed by atoms with Crippen LogP contribution < -0.4 is 0 Å². The Labute approximate surface area is 184 Å². The van der Waals surface area contributed by atoms with Crippen molar-refractivity contribution in [3.63, 3.8) is 0 Å². The molecular weight excluding hydrogens is 516 g/mol. The first-order valence-corrected chi connectivity index (χ1v) is 11.6. The lowest BCUT2D eigenvalue weighted by atomic mass is 10.1. The summed E-state index contributed by atoms with van der Waals surface area (Å²) in [6.07, 6.45) is 3.80. The second-order valence-electron chi connectivity index (χ2n) is 6.27. The van der Waals surface area contributed by atoms with Crippen molar-refractivity contribution in [2.24, 2.45) is 0 Å². The molecule has 2 rings (SSSR count). The predicted octanol–water partition coefficient (Wildman–Crippen LogP) is 3.87. The minimum absolute atomic E-state index is 0.193. The molecule has 0 N–H and O–H groups in total. The Hall–Kier alpha value is -1.84. The summed E-state index contributed by atoms with van der Waals surface area (Å²) >= 11 is 5.77. The van der Waals surface area contributed by atoms with Crippen LogP contribution in [0.3, 0.4) is 0 Å². The number of rotatable bonds is 4. The van der Waals surface area contributed by atoms with E-state index in [-0.39, 0.29) is 11.3 Å². The Kier molecular flexibility index (Phi) is 9.16. The van der Waals surface area contributed by atoms with Crippen LogP contribution in [-0.4, -0.2) is 56.3 Å². The highest BCUT2D eigenvalue weighted by Gasteiger charge is 2.49. The van der Waals surface area contributed by atoms with Crippen LogP contribution >= 0.6 is 11.6 Å². The van der Waals surface area contributed by atoms with Gasteiger partial charge in [-0.05, 0) is 30.7 Å². The van der Waals surface area contributed by atoms with Crippen LogP contribution in [0, 0.1) is 0 Å². The molecule has 0 aliphatic carbocycles. The molecule has 0 unspecified atom stereocenters. The van der Waals surface area contributed by atoms with Crippen molar-refractivity contribution in [3.8, 4) is 0 Å². The van der Waals surface area contributed by atoms with E-state index >= 15 is 0 Å². The first-order chi connectivity index (χ1) is 14.3. The molecule has 0 bridgehead atoms. The number of benzene rings is 1. The Morgan fingerprint density at radius 3 is 1.94 bits per heavy atom. The lowest BCUT2D eigenvalue weighted by Crippen LogP contribution is -2.26. The summed E-state index contributed by atoms with van der Waals surface area (Å²) in [5.74, 6) is -0.382. The number of hydrogen-bond acceptors (Lipinski definition) is 6. The highest BCUT2D eigenvalue weighted by atomic mass is 35.5. The van der Waals surface area contributed by atoms with Crippen molar-refractivity contribution in [3.05, 3.63) is 40.9 Å². The summed E-state index contributed by atoms with van der Waals surface area (Å²) < 4.78 is 126. The van der Waals surface area contributed by atoms with Gasteiger partial charge >= 0.3 is 21.1 Å². The average Bonchev–Trinajstić information content (AvgIpc) is 2.61. The third-order valence-corrected chi connectivity index (χ3v) is 5.64. The van der Waals surface area contributed by atoms with Gasteiger partial charge in [0.05, 0.1) is 0 Å². The van der Waals surface area contributed by atoms with Gasteiger partial charge in [-0.25, -0.2) is 13.0 Å². The van der Waals surface area contributed by atoms with E-state index in [2.05, 4.69) is 4.18 Å². The summed E-state index contributed by atoms with van der Waals surface area (Å²) in [5.41, 5.74) is -10.2. The summed E-state index contributed by atoms with van der Waals surface area (Å²) in [5, 5.41) is 0.374. The van der Waals surface area contributed by atoms with Gasteiger partial charge in [-0.15, -0.1) is 0 Å². The average molecular weight is 532 g/mol. The van der Waals surface area contributed by atoms with Crippen LogP contribution in [0.2, 0.25) is 5.02 Å². The quantitative estimate of drug-likeness (QED) is 0.146. The summed E-state index contributed by atoms with van der Waals surface area (Å²) in [4.78, 5) is 0. The molecule has 0 amide bonds. The van der Waals surface area contributed by atoms with Crippen LogP contribution in [0.5, 0.6) is 0 Å². The number of hydrogen-bond donors (Lipinski definition) is 0. The third-order valence-electron chi connectivity index (χ3n) is 3.86. The molecule has 16 heteroatoms. The van der Waals surface area contributed by atoms with Gasteiger partial charge in [-0.1, -0.05) is 11.6 Å². The fraction of sp³-hybridized carbons (Fsp3) is 0.438. The molecule has 182 valence electrons. The smallest absolute Gasteiger partial charge is 0.534 e. The maximum atomic E-state index is 12.7. The van der Waals surface area contributed by atoms with E-state index in [4.69, 9.17) is 24.6 Å². The zero-order valence-corrected chi connectivity index (χ0v) is 18.5. The van der Waals surface area contributed by atoms with E-state index in [0.717, 1.165) is 19.4 Å². The second kappa shape index (κ2) is 10.4. The van der Waals surface area contributed by atoms with E-state index < -0.39 is 31.3 Å². The van der Waals surface area contributed by atoms with Crippen LogP contribution in [-0.2, 0) is 24.4 Å². The standard InChI is InChI=1S/C15H16ClF3NO3S.CHF3O3S/c1-20-9-3-2-4-13(20)10-14(11-5-7-12(16)8-6-11)23-24(21,22)15(17,18)19;2-1(3,4)8(5,6)7/h5-8,10H,2-4,9H2,1H3;(H,5,6,7)/q+1;/p-1/b14-10-;. The normalized spacial score (nSPS) is 16.3. The highest BCUT2D eigenvalue weighted by molar-refractivity contribution is 7.87. The Morgan fingerprint density at radius 1 is 1.03 bits per heavy atom. The molecule has 1 aromatic rings. The molecule has 0 saturated heterocycles. The highest BCUT2D eigenvalue weighted by Crippen LogP contribution is 2.30. The van der Waals surface area contributed by atoms with Crippen LogP contribution in [0.1, 0.15) is 24.8 Å². The molecular formula is C16H16ClF6NO6S2. The lowest BCUT2D eigenvalue weighted by Gasteiger charge is -2.14. The van der Waals surface area contributed by atoms with Crippen molar-refractivity contribution in [2.45, 2.75) is 30.3 Å². The molecule has 0 spiro atoms. The van der Waals surface area contributed by atoms with Gasteiger partial charge in [-0.3, -0.25) is 0 Å². The van der Waals surface area contributed by atoms with Crippen molar-refractivity contribution < 1.29 is 56.5 Å². The van der Waals surface area contributed by atoms with Crippen LogP contribution in [0.25, 0.3) is 5.76 Å². The minimum atomic E-state index is -6.09. The largest absolute Gasteiger partial charge is 0.741 e. The SMILES string of the molecule is C[N+]1=C(/C=C(\OS(=O)(=O)C(F)(F)F)c2ccc(Cl)cc2)CCCC1.O=S(=O)([O-])C(F)(F)F. The topological polar surface area (TPSA) is 104 Å². The molecule has 7 nitrogen and oxygen atoms in total. The first kappa shape index (κ1) is 28.2. The van der Waals surface area contributed by atoms with E-state index in [0.29, 0.717) is 17.2 Å². The predicted molar refractivity (Wildman–Crippen MR) is 101 cm³/mol. The molecule has 0 aromatic heterocycles.